The van der Waals surface area contributed by atoms with Crippen LogP contribution in [0.2, 0.25) is 0 Å². The number of carbonyl (C=O) groups is 1. The minimum absolute atomic E-state index is 0.134. The summed E-state index contributed by atoms with van der Waals surface area (Å²) in [4.78, 5) is 19.1. The van der Waals surface area contributed by atoms with Gasteiger partial charge in [-0.25, -0.2) is 0 Å². The van der Waals surface area contributed by atoms with Gasteiger partial charge in [0.1, 0.15) is 5.69 Å². The van der Waals surface area contributed by atoms with Gasteiger partial charge in [0.05, 0.1) is 0 Å². The molecule has 26 heavy (non-hydrogen) atoms. The van der Waals surface area contributed by atoms with E-state index in [1.165, 1.54) is 11.1 Å². The lowest BCUT2D eigenvalue weighted by Gasteiger charge is -2.17. The third kappa shape index (κ3) is 3.40. The number of hydrogen-bond donors (Lipinski definition) is 0. The smallest absolute Gasteiger partial charge is 0.270 e. The molecule has 0 saturated carbocycles. The molecule has 1 saturated heterocycles. The highest BCUT2D eigenvalue weighted by Crippen LogP contribution is 2.24. The highest BCUT2D eigenvalue weighted by Gasteiger charge is 2.23. The van der Waals surface area contributed by atoms with Crippen molar-refractivity contribution in [3.8, 4) is 11.1 Å². The fraction of sp³-hybridized carbons (Fsp3) is 0.273. The summed E-state index contributed by atoms with van der Waals surface area (Å²) in [5.41, 5.74) is 5.34. The number of aryl methyl sites for hydroxylation is 1. The Morgan fingerprint density at radius 2 is 1.69 bits per heavy atom. The van der Waals surface area contributed by atoms with Crippen LogP contribution in [0.15, 0.2) is 61.1 Å². The molecular formula is C22H23N3O. The molecule has 132 valence electrons. The van der Waals surface area contributed by atoms with Crippen molar-refractivity contribution in [3.63, 3.8) is 0 Å². The average Bonchev–Trinajstić information content (AvgIpc) is 3.34. The molecule has 4 heteroatoms. The van der Waals surface area contributed by atoms with E-state index in [9.17, 15) is 4.79 Å². The average molecular weight is 345 g/mol. The number of amides is 1. The first kappa shape index (κ1) is 16.6. The van der Waals surface area contributed by atoms with Gasteiger partial charge in [-0.15, -0.1) is 0 Å². The second kappa shape index (κ2) is 7.16. The summed E-state index contributed by atoms with van der Waals surface area (Å²) in [6.45, 7) is 4.50. The highest BCUT2D eigenvalue weighted by atomic mass is 16.2. The Morgan fingerprint density at radius 1 is 1.00 bits per heavy atom. The van der Waals surface area contributed by atoms with E-state index in [0.29, 0.717) is 6.54 Å². The summed E-state index contributed by atoms with van der Waals surface area (Å²) in [6.07, 6.45) is 7.85. The van der Waals surface area contributed by atoms with E-state index in [1.54, 1.807) is 12.4 Å². The third-order valence-corrected chi connectivity index (χ3v) is 5.00. The molecule has 3 aromatic rings. The van der Waals surface area contributed by atoms with E-state index < -0.39 is 0 Å². The van der Waals surface area contributed by atoms with Crippen molar-refractivity contribution < 1.29 is 4.79 Å². The molecule has 0 aliphatic carbocycles. The highest BCUT2D eigenvalue weighted by molar-refractivity contribution is 5.94. The summed E-state index contributed by atoms with van der Waals surface area (Å²) < 4.78 is 2.08. The van der Waals surface area contributed by atoms with Crippen LogP contribution in [0.1, 0.15) is 34.5 Å². The fourth-order valence-corrected chi connectivity index (χ4v) is 3.49. The number of likely N-dealkylation sites (tertiary alicyclic amines) is 1. The molecule has 0 radical (unpaired) electrons. The second-order valence-corrected chi connectivity index (χ2v) is 6.96. The van der Waals surface area contributed by atoms with Crippen LogP contribution >= 0.6 is 0 Å². The van der Waals surface area contributed by atoms with Gasteiger partial charge in [0.2, 0.25) is 0 Å². The Hall–Kier alpha value is -2.88. The fourth-order valence-electron chi connectivity index (χ4n) is 3.49. The van der Waals surface area contributed by atoms with Crippen molar-refractivity contribution in [2.24, 2.45) is 0 Å². The molecule has 3 heterocycles. The van der Waals surface area contributed by atoms with Crippen molar-refractivity contribution in [3.05, 3.63) is 77.9 Å². The molecule has 1 fully saturated rings. The number of rotatable bonds is 4. The first-order valence-corrected chi connectivity index (χ1v) is 9.16. The molecule has 1 aromatic carbocycles. The van der Waals surface area contributed by atoms with Crippen molar-refractivity contribution in [2.45, 2.75) is 26.3 Å². The second-order valence-electron chi connectivity index (χ2n) is 6.96. The van der Waals surface area contributed by atoms with E-state index in [2.05, 4.69) is 46.9 Å². The van der Waals surface area contributed by atoms with Crippen LogP contribution in [0.25, 0.3) is 11.1 Å². The number of pyridine rings is 1. The Kier molecular flexibility index (Phi) is 4.57. The molecule has 2 aromatic heterocycles. The Balaban J connectivity index is 1.70. The molecule has 1 aliphatic rings. The topological polar surface area (TPSA) is 38.1 Å². The normalized spacial score (nSPS) is 14.0. The van der Waals surface area contributed by atoms with Gasteiger partial charge in [-0.1, -0.05) is 29.8 Å². The molecule has 0 bridgehead atoms. The lowest BCUT2D eigenvalue weighted by Crippen LogP contribution is -2.29. The molecule has 1 amide bonds. The van der Waals surface area contributed by atoms with Crippen LogP contribution in [-0.2, 0) is 6.54 Å². The van der Waals surface area contributed by atoms with Gasteiger partial charge in [-0.2, -0.15) is 0 Å². The third-order valence-electron chi connectivity index (χ3n) is 5.00. The summed E-state index contributed by atoms with van der Waals surface area (Å²) in [5.74, 6) is 0.134. The van der Waals surface area contributed by atoms with Crippen molar-refractivity contribution in [1.82, 2.24) is 14.5 Å². The predicted octanol–water partition coefficient (Wildman–Crippen LogP) is 4.14. The molecule has 0 spiro atoms. The lowest BCUT2D eigenvalue weighted by atomic mass is 10.1. The maximum atomic E-state index is 13.0. The van der Waals surface area contributed by atoms with E-state index in [-0.39, 0.29) is 5.91 Å². The minimum atomic E-state index is 0.134. The molecule has 1 aliphatic heterocycles. The summed E-state index contributed by atoms with van der Waals surface area (Å²) >= 11 is 0. The summed E-state index contributed by atoms with van der Waals surface area (Å²) in [6, 6.07) is 14.5. The van der Waals surface area contributed by atoms with Gasteiger partial charge in [-0.3, -0.25) is 9.78 Å². The van der Waals surface area contributed by atoms with E-state index in [1.807, 2.05) is 23.1 Å². The lowest BCUT2D eigenvalue weighted by molar-refractivity contribution is 0.0782. The van der Waals surface area contributed by atoms with Gasteiger partial charge in [0, 0.05) is 43.8 Å². The zero-order valence-corrected chi connectivity index (χ0v) is 15.1. The molecule has 0 N–H and O–H groups in total. The maximum Gasteiger partial charge on any atom is 0.270 e. The quantitative estimate of drug-likeness (QED) is 0.713. The standard InChI is InChI=1S/C22H23N3O/c1-17-4-6-18(7-5-17)15-25-16-20(19-8-10-23-11-9-19)14-21(25)22(26)24-12-2-3-13-24/h4-11,14,16H,2-3,12-13,15H2,1H3. The predicted molar refractivity (Wildman–Crippen MR) is 103 cm³/mol. The van der Waals surface area contributed by atoms with Crippen molar-refractivity contribution in [2.75, 3.05) is 13.1 Å². The Morgan fingerprint density at radius 3 is 2.38 bits per heavy atom. The van der Waals surface area contributed by atoms with Crippen LogP contribution in [0.3, 0.4) is 0 Å². The number of carbonyl (C=O) groups excluding carboxylic acids is 1. The SMILES string of the molecule is Cc1ccc(Cn2cc(-c3ccncc3)cc2C(=O)N2CCCC2)cc1. The number of nitrogens with zero attached hydrogens (tertiary/aromatic N) is 3. The monoisotopic (exact) mass is 345 g/mol. The van der Waals surface area contributed by atoms with Crippen LogP contribution in [0.4, 0.5) is 0 Å². The van der Waals surface area contributed by atoms with Gasteiger partial charge >= 0.3 is 0 Å². The zero-order chi connectivity index (χ0) is 17.9. The summed E-state index contributed by atoms with van der Waals surface area (Å²) in [5, 5.41) is 0. The number of benzene rings is 1. The first-order valence-electron chi connectivity index (χ1n) is 9.16. The van der Waals surface area contributed by atoms with Crippen LogP contribution in [0.5, 0.6) is 0 Å². The van der Waals surface area contributed by atoms with E-state index >= 15 is 0 Å². The Labute approximate surface area is 154 Å². The Bertz CT molecular complexity index is 891. The minimum Gasteiger partial charge on any atom is -0.338 e. The van der Waals surface area contributed by atoms with E-state index in [4.69, 9.17) is 0 Å². The first-order chi connectivity index (χ1) is 12.7. The summed E-state index contributed by atoms with van der Waals surface area (Å²) in [7, 11) is 0. The van der Waals surface area contributed by atoms with Crippen LogP contribution in [-0.4, -0.2) is 33.4 Å². The van der Waals surface area contributed by atoms with Crippen LogP contribution in [0, 0.1) is 6.92 Å². The van der Waals surface area contributed by atoms with Crippen molar-refractivity contribution in [1.29, 1.82) is 0 Å². The van der Waals surface area contributed by atoms with Gasteiger partial charge in [-0.05, 0) is 49.1 Å². The number of aromatic nitrogens is 2. The van der Waals surface area contributed by atoms with Gasteiger partial charge in [0.15, 0.2) is 0 Å². The van der Waals surface area contributed by atoms with Crippen LogP contribution < -0.4 is 0 Å². The van der Waals surface area contributed by atoms with Crippen molar-refractivity contribution >= 4 is 5.91 Å². The number of hydrogen-bond acceptors (Lipinski definition) is 2. The molecule has 0 unspecified atom stereocenters. The van der Waals surface area contributed by atoms with Gasteiger partial charge < -0.3 is 9.47 Å². The maximum absolute atomic E-state index is 13.0. The zero-order valence-electron chi connectivity index (χ0n) is 15.1. The molecule has 0 atom stereocenters. The molecule has 4 nitrogen and oxygen atoms in total. The molecular weight excluding hydrogens is 322 g/mol. The van der Waals surface area contributed by atoms with E-state index in [0.717, 1.165) is 42.8 Å². The largest absolute Gasteiger partial charge is 0.338 e. The van der Waals surface area contributed by atoms with Gasteiger partial charge in [0.25, 0.3) is 5.91 Å². The molecule has 4 rings (SSSR count).